The molecule has 2 nitrogen and oxygen atoms in total. The summed E-state index contributed by atoms with van der Waals surface area (Å²) in [6, 6.07) is 7.02. The Bertz CT molecular complexity index is 613. The Balaban J connectivity index is 2.78. The first-order valence-electron chi connectivity index (χ1n) is 6.59. The zero-order chi connectivity index (χ0) is 15.8. The number of allylic oxidation sites excluding steroid dienone is 4. The van der Waals surface area contributed by atoms with Gasteiger partial charge in [-0.2, -0.15) is 0 Å². The maximum absolute atomic E-state index is 10.6. The number of ether oxygens (including phenoxy) is 1. The molecule has 0 heterocycles. The van der Waals surface area contributed by atoms with Crippen LogP contribution in [0.3, 0.4) is 0 Å². The molecular formula is C19H20O2. The lowest BCUT2D eigenvalue weighted by Crippen LogP contribution is -1.94. The standard InChI is InChI=1S/C19H20O2/c1-6-18(10-7-14(2)3)15(4)21-16(5)19-11-8-17(13-20)9-12-19/h6-13H,2,4-5H2,1,3H3/b10-7-,18-6+. The second-order valence-corrected chi connectivity index (χ2v) is 4.61. The van der Waals surface area contributed by atoms with Gasteiger partial charge >= 0.3 is 0 Å². The lowest BCUT2D eigenvalue weighted by Gasteiger charge is -2.12. The Morgan fingerprint density at radius 1 is 1.10 bits per heavy atom. The molecule has 0 saturated carbocycles. The number of aldehydes is 1. The molecule has 0 unspecified atom stereocenters. The molecule has 0 atom stereocenters. The average Bonchev–Trinajstić information content (AvgIpc) is 2.47. The zero-order valence-electron chi connectivity index (χ0n) is 12.6. The van der Waals surface area contributed by atoms with Crippen LogP contribution in [0.5, 0.6) is 0 Å². The quantitative estimate of drug-likeness (QED) is 0.395. The van der Waals surface area contributed by atoms with Crippen LogP contribution in [0.25, 0.3) is 5.76 Å². The van der Waals surface area contributed by atoms with Crippen molar-refractivity contribution in [3.05, 3.63) is 90.3 Å². The number of benzene rings is 1. The van der Waals surface area contributed by atoms with Crippen LogP contribution >= 0.6 is 0 Å². The fraction of sp³-hybridized carbons (Fsp3) is 0.105. The normalized spacial score (nSPS) is 11.2. The molecule has 108 valence electrons. The summed E-state index contributed by atoms with van der Waals surface area (Å²) in [6.45, 7) is 15.5. The largest absolute Gasteiger partial charge is 0.457 e. The molecular weight excluding hydrogens is 260 g/mol. The molecule has 21 heavy (non-hydrogen) atoms. The summed E-state index contributed by atoms with van der Waals surface area (Å²) in [5, 5.41) is 0. The highest BCUT2D eigenvalue weighted by atomic mass is 16.5. The van der Waals surface area contributed by atoms with Crippen molar-refractivity contribution in [3.8, 4) is 0 Å². The number of hydrogen-bond acceptors (Lipinski definition) is 2. The van der Waals surface area contributed by atoms with Gasteiger partial charge in [-0.15, -0.1) is 0 Å². The third-order valence-electron chi connectivity index (χ3n) is 2.80. The Kier molecular flexibility index (Phi) is 6.15. The maximum atomic E-state index is 10.6. The van der Waals surface area contributed by atoms with Crippen LogP contribution in [0.2, 0.25) is 0 Å². The van der Waals surface area contributed by atoms with Gasteiger partial charge in [0.05, 0.1) is 0 Å². The minimum Gasteiger partial charge on any atom is -0.457 e. The molecule has 0 aliphatic carbocycles. The molecule has 0 bridgehead atoms. The molecule has 0 fully saturated rings. The Hall–Kier alpha value is -2.61. The van der Waals surface area contributed by atoms with E-state index in [2.05, 4.69) is 19.7 Å². The van der Waals surface area contributed by atoms with E-state index in [1.165, 1.54) is 0 Å². The highest BCUT2D eigenvalue weighted by Gasteiger charge is 2.05. The van der Waals surface area contributed by atoms with Gasteiger partial charge in [-0.25, -0.2) is 0 Å². The number of rotatable bonds is 7. The molecule has 2 heteroatoms. The Morgan fingerprint density at radius 3 is 2.19 bits per heavy atom. The van der Waals surface area contributed by atoms with Crippen LogP contribution < -0.4 is 0 Å². The van der Waals surface area contributed by atoms with Gasteiger partial charge in [0, 0.05) is 16.7 Å². The van der Waals surface area contributed by atoms with Gasteiger partial charge in [0.2, 0.25) is 0 Å². The second kappa shape index (κ2) is 7.85. The van der Waals surface area contributed by atoms with E-state index in [-0.39, 0.29) is 0 Å². The van der Waals surface area contributed by atoms with Crippen LogP contribution in [-0.2, 0) is 4.74 Å². The van der Waals surface area contributed by atoms with E-state index in [9.17, 15) is 4.79 Å². The van der Waals surface area contributed by atoms with E-state index < -0.39 is 0 Å². The second-order valence-electron chi connectivity index (χ2n) is 4.61. The van der Waals surface area contributed by atoms with Crippen molar-refractivity contribution in [3.63, 3.8) is 0 Å². The SMILES string of the molecule is C=C(C)/C=C\C(=C/C)C(=C)OC(=C)c1ccc(C=O)cc1. The van der Waals surface area contributed by atoms with Crippen molar-refractivity contribution in [1.82, 2.24) is 0 Å². The van der Waals surface area contributed by atoms with Crippen molar-refractivity contribution >= 4 is 12.0 Å². The summed E-state index contributed by atoms with van der Waals surface area (Å²) in [7, 11) is 0. The van der Waals surface area contributed by atoms with E-state index in [1.54, 1.807) is 24.3 Å². The Morgan fingerprint density at radius 2 is 1.71 bits per heavy atom. The first kappa shape index (κ1) is 16.4. The van der Waals surface area contributed by atoms with Crippen LogP contribution in [0.1, 0.15) is 29.8 Å². The lowest BCUT2D eigenvalue weighted by atomic mass is 10.1. The summed E-state index contributed by atoms with van der Waals surface area (Å²) in [5.74, 6) is 1.000. The highest BCUT2D eigenvalue weighted by molar-refractivity contribution is 5.75. The molecule has 1 aromatic rings. The smallest absolute Gasteiger partial charge is 0.150 e. The van der Waals surface area contributed by atoms with E-state index in [0.717, 1.165) is 23.0 Å². The molecule has 0 aliphatic rings. The number of carbonyl (C=O) groups excluding carboxylic acids is 1. The van der Waals surface area contributed by atoms with E-state index >= 15 is 0 Å². The first-order chi connectivity index (χ1) is 9.97. The fourth-order valence-corrected chi connectivity index (χ4v) is 1.60. The summed E-state index contributed by atoms with van der Waals surface area (Å²) in [6.07, 6.45) is 6.50. The third-order valence-corrected chi connectivity index (χ3v) is 2.80. The molecule has 0 aliphatic heterocycles. The molecule has 0 spiro atoms. The van der Waals surface area contributed by atoms with Crippen LogP contribution in [0, 0.1) is 0 Å². The first-order valence-corrected chi connectivity index (χ1v) is 6.59. The maximum Gasteiger partial charge on any atom is 0.150 e. The summed E-state index contributed by atoms with van der Waals surface area (Å²) in [4.78, 5) is 10.6. The van der Waals surface area contributed by atoms with Crippen molar-refractivity contribution in [2.24, 2.45) is 0 Å². The number of carbonyl (C=O) groups is 1. The van der Waals surface area contributed by atoms with E-state index in [0.29, 0.717) is 17.1 Å². The molecule has 0 saturated heterocycles. The molecule has 0 N–H and O–H groups in total. The molecule has 1 aromatic carbocycles. The van der Waals surface area contributed by atoms with Gasteiger partial charge in [0.25, 0.3) is 0 Å². The minimum absolute atomic E-state index is 0.487. The molecule has 0 amide bonds. The van der Waals surface area contributed by atoms with Crippen LogP contribution in [0.15, 0.2) is 79.1 Å². The van der Waals surface area contributed by atoms with Gasteiger partial charge in [-0.1, -0.05) is 67.8 Å². The van der Waals surface area contributed by atoms with Crippen LogP contribution in [0.4, 0.5) is 0 Å². The molecule has 1 rings (SSSR count). The molecule has 0 radical (unpaired) electrons. The third kappa shape index (κ3) is 5.11. The monoisotopic (exact) mass is 280 g/mol. The fourth-order valence-electron chi connectivity index (χ4n) is 1.60. The lowest BCUT2D eigenvalue weighted by molar-refractivity contribution is 0.112. The van der Waals surface area contributed by atoms with E-state index in [1.807, 2.05) is 32.1 Å². The van der Waals surface area contributed by atoms with Crippen LogP contribution in [-0.4, -0.2) is 6.29 Å². The van der Waals surface area contributed by atoms with Crippen molar-refractivity contribution < 1.29 is 9.53 Å². The van der Waals surface area contributed by atoms with Crippen molar-refractivity contribution in [1.29, 1.82) is 0 Å². The van der Waals surface area contributed by atoms with Gasteiger partial charge in [-0.3, -0.25) is 4.79 Å². The highest BCUT2D eigenvalue weighted by Crippen LogP contribution is 2.21. The summed E-state index contributed by atoms with van der Waals surface area (Å²) in [5.41, 5.74) is 3.24. The van der Waals surface area contributed by atoms with Crippen molar-refractivity contribution in [2.45, 2.75) is 13.8 Å². The minimum atomic E-state index is 0.487. The summed E-state index contributed by atoms with van der Waals surface area (Å²) >= 11 is 0. The topological polar surface area (TPSA) is 26.3 Å². The van der Waals surface area contributed by atoms with Gasteiger partial charge < -0.3 is 4.74 Å². The average molecular weight is 280 g/mol. The van der Waals surface area contributed by atoms with E-state index in [4.69, 9.17) is 4.74 Å². The van der Waals surface area contributed by atoms with Gasteiger partial charge in [0.15, 0.2) is 0 Å². The van der Waals surface area contributed by atoms with Crippen molar-refractivity contribution in [2.75, 3.05) is 0 Å². The van der Waals surface area contributed by atoms with Gasteiger partial charge in [0.1, 0.15) is 17.8 Å². The predicted octanol–water partition coefficient (Wildman–Crippen LogP) is 5.08. The predicted molar refractivity (Wildman–Crippen MR) is 88.8 cm³/mol. The zero-order valence-corrected chi connectivity index (χ0v) is 12.6. The Labute approximate surface area is 126 Å². The number of hydrogen-bond donors (Lipinski definition) is 0. The summed E-state index contributed by atoms with van der Waals surface area (Å²) < 4.78 is 5.67. The van der Waals surface area contributed by atoms with Gasteiger partial charge in [-0.05, 0) is 13.8 Å². The molecule has 0 aromatic heterocycles.